The molecular formula is C17H20N2O3S3. The first-order valence-electron chi connectivity index (χ1n) is 7.52. The third-order valence-electron chi connectivity index (χ3n) is 3.54. The Morgan fingerprint density at radius 1 is 1.20 bits per heavy atom. The third-order valence-corrected chi connectivity index (χ3v) is 6.10. The quantitative estimate of drug-likeness (QED) is 0.514. The lowest BCUT2D eigenvalue weighted by molar-refractivity contribution is 0.483. The maximum atomic E-state index is 10.5. The molecule has 0 atom stereocenters. The molecule has 0 amide bonds. The second-order valence-electron chi connectivity index (χ2n) is 5.27. The van der Waals surface area contributed by atoms with Gasteiger partial charge < -0.3 is 4.57 Å². The van der Waals surface area contributed by atoms with Crippen molar-refractivity contribution in [3.8, 4) is 0 Å². The standard InChI is InChI=1S/C10H12N2S2.C7H8O3S/c1-3-12-8-5-4-7(13-2)6-9(8)14-10(12)11;1-6-2-4-7(5-3-6)11(8,9)10/h4-6,11H,3H2,1-2H3;2-5H,1H3,(H,8,9,10). The first-order valence-corrected chi connectivity index (χ1v) is 11.0. The van der Waals surface area contributed by atoms with E-state index in [9.17, 15) is 8.42 Å². The van der Waals surface area contributed by atoms with Gasteiger partial charge in [0, 0.05) is 11.4 Å². The Morgan fingerprint density at radius 3 is 2.36 bits per heavy atom. The summed E-state index contributed by atoms with van der Waals surface area (Å²) >= 11 is 3.29. The number of benzene rings is 2. The minimum absolute atomic E-state index is 0.0666. The van der Waals surface area contributed by atoms with Gasteiger partial charge in [-0.2, -0.15) is 8.42 Å². The highest BCUT2D eigenvalue weighted by Gasteiger charge is 2.07. The molecule has 0 unspecified atom stereocenters. The molecule has 0 radical (unpaired) electrons. The van der Waals surface area contributed by atoms with E-state index < -0.39 is 10.1 Å². The Kier molecular flexibility index (Phi) is 6.45. The van der Waals surface area contributed by atoms with E-state index in [0.29, 0.717) is 4.80 Å². The summed E-state index contributed by atoms with van der Waals surface area (Å²) in [4.78, 5) is 1.84. The molecule has 0 aliphatic heterocycles. The van der Waals surface area contributed by atoms with Crippen LogP contribution < -0.4 is 4.80 Å². The summed E-state index contributed by atoms with van der Waals surface area (Å²) in [6.07, 6.45) is 2.07. The highest BCUT2D eigenvalue weighted by molar-refractivity contribution is 7.98. The van der Waals surface area contributed by atoms with Crippen LogP contribution in [0, 0.1) is 12.3 Å². The lowest BCUT2D eigenvalue weighted by Gasteiger charge is -2.00. The third kappa shape index (κ3) is 4.94. The zero-order chi connectivity index (χ0) is 18.6. The van der Waals surface area contributed by atoms with Gasteiger partial charge in [0.05, 0.1) is 15.1 Å². The summed E-state index contributed by atoms with van der Waals surface area (Å²) in [5, 5.41) is 7.80. The van der Waals surface area contributed by atoms with E-state index in [1.165, 1.54) is 27.2 Å². The monoisotopic (exact) mass is 396 g/mol. The van der Waals surface area contributed by atoms with Gasteiger partial charge >= 0.3 is 0 Å². The van der Waals surface area contributed by atoms with Crippen LogP contribution in [0.4, 0.5) is 0 Å². The van der Waals surface area contributed by atoms with Crippen LogP contribution in [0.15, 0.2) is 52.3 Å². The number of nitrogens with zero attached hydrogens (tertiary/aromatic N) is 1. The van der Waals surface area contributed by atoms with Crippen molar-refractivity contribution in [2.45, 2.75) is 30.2 Å². The summed E-state index contributed by atoms with van der Waals surface area (Å²) in [5.74, 6) is 0. The molecule has 2 N–H and O–H groups in total. The highest BCUT2D eigenvalue weighted by Crippen LogP contribution is 2.23. The largest absolute Gasteiger partial charge is 0.317 e. The van der Waals surface area contributed by atoms with Crippen molar-refractivity contribution in [3.63, 3.8) is 0 Å². The Bertz CT molecular complexity index is 1020. The van der Waals surface area contributed by atoms with Crippen molar-refractivity contribution in [3.05, 3.63) is 52.8 Å². The first-order chi connectivity index (χ1) is 11.8. The summed E-state index contributed by atoms with van der Waals surface area (Å²) < 4.78 is 32.8. The van der Waals surface area contributed by atoms with Crippen molar-refractivity contribution >= 4 is 43.4 Å². The minimum Gasteiger partial charge on any atom is -0.317 e. The Hall–Kier alpha value is -1.61. The maximum absolute atomic E-state index is 10.5. The number of fused-ring (bicyclic) bond motifs is 1. The highest BCUT2D eigenvalue weighted by atomic mass is 32.2. The number of hydrogen-bond acceptors (Lipinski definition) is 5. The van der Waals surface area contributed by atoms with Gasteiger partial charge in [-0.1, -0.05) is 29.0 Å². The van der Waals surface area contributed by atoms with Crippen molar-refractivity contribution in [1.82, 2.24) is 4.57 Å². The van der Waals surface area contributed by atoms with Gasteiger partial charge in [0.25, 0.3) is 10.1 Å². The Morgan fingerprint density at radius 2 is 1.84 bits per heavy atom. The molecule has 1 aromatic heterocycles. The van der Waals surface area contributed by atoms with E-state index in [0.717, 1.165) is 12.1 Å². The first kappa shape index (κ1) is 19.7. The van der Waals surface area contributed by atoms with Gasteiger partial charge in [0.2, 0.25) is 0 Å². The van der Waals surface area contributed by atoms with Gasteiger partial charge in [0.15, 0.2) is 4.80 Å². The van der Waals surface area contributed by atoms with E-state index in [4.69, 9.17) is 9.96 Å². The fourth-order valence-electron chi connectivity index (χ4n) is 2.22. The summed E-state index contributed by atoms with van der Waals surface area (Å²) in [6.45, 7) is 4.79. The summed E-state index contributed by atoms with van der Waals surface area (Å²) in [7, 11) is -4.02. The second-order valence-corrected chi connectivity index (χ2v) is 8.61. The second kappa shape index (κ2) is 8.18. The number of hydrogen-bond donors (Lipinski definition) is 2. The fourth-order valence-corrected chi connectivity index (χ4v) is 4.23. The molecule has 3 aromatic rings. The van der Waals surface area contributed by atoms with Crippen LogP contribution in [0.3, 0.4) is 0 Å². The van der Waals surface area contributed by atoms with E-state index >= 15 is 0 Å². The van der Waals surface area contributed by atoms with Crippen molar-refractivity contribution in [2.75, 3.05) is 6.26 Å². The number of aromatic nitrogens is 1. The van der Waals surface area contributed by atoms with Gasteiger partial charge in [-0.25, -0.2) is 0 Å². The lowest BCUT2D eigenvalue weighted by Crippen LogP contribution is -2.10. The van der Waals surface area contributed by atoms with Crippen molar-refractivity contribution in [1.29, 1.82) is 5.41 Å². The number of thiazole rings is 1. The molecule has 0 saturated carbocycles. The molecule has 0 bridgehead atoms. The van der Waals surface area contributed by atoms with Gasteiger partial charge in [-0.15, -0.1) is 11.8 Å². The predicted octanol–water partition coefficient (Wildman–Crippen LogP) is 4.17. The molecule has 0 aliphatic carbocycles. The summed E-state index contributed by atoms with van der Waals surface area (Å²) in [6, 6.07) is 12.4. The van der Waals surface area contributed by atoms with E-state index in [1.807, 2.05) is 11.5 Å². The molecule has 25 heavy (non-hydrogen) atoms. The minimum atomic E-state index is -4.02. The van der Waals surface area contributed by atoms with Crippen LogP contribution in [0.1, 0.15) is 12.5 Å². The fraction of sp³-hybridized carbons (Fsp3) is 0.235. The van der Waals surface area contributed by atoms with Crippen LogP contribution in [-0.2, 0) is 16.7 Å². The molecule has 0 fully saturated rings. The van der Waals surface area contributed by atoms with Crippen LogP contribution in [-0.4, -0.2) is 23.8 Å². The lowest BCUT2D eigenvalue weighted by atomic mass is 10.2. The molecule has 1 heterocycles. The normalized spacial score (nSPS) is 11.2. The maximum Gasteiger partial charge on any atom is 0.294 e. The molecular weight excluding hydrogens is 376 g/mol. The Balaban J connectivity index is 0.000000186. The van der Waals surface area contributed by atoms with Gasteiger partial charge in [-0.05, 0) is 50.4 Å². The van der Waals surface area contributed by atoms with Crippen LogP contribution in [0.25, 0.3) is 10.2 Å². The predicted molar refractivity (Wildman–Crippen MR) is 104 cm³/mol. The van der Waals surface area contributed by atoms with Crippen molar-refractivity contribution < 1.29 is 13.0 Å². The number of aryl methyl sites for hydroxylation is 2. The smallest absolute Gasteiger partial charge is 0.294 e. The Labute approximate surface area is 155 Å². The van der Waals surface area contributed by atoms with E-state index in [2.05, 4.69) is 31.4 Å². The number of nitrogens with one attached hydrogen (secondary N) is 1. The molecule has 5 nitrogen and oxygen atoms in total. The topological polar surface area (TPSA) is 83.2 Å². The van der Waals surface area contributed by atoms with Crippen LogP contribution in [0.2, 0.25) is 0 Å². The molecule has 0 saturated heterocycles. The molecule has 0 spiro atoms. The average molecular weight is 397 g/mol. The van der Waals surface area contributed by atoms with Crippen LogP contribution >= 0.6 is 23.1 Å². The van der Waals surface area contributed by atoms with Crippen molar-refractivity contribution in [2.24, 2.45) is 0 Å². The van der Waals surface area contributed by atoms with Crippen LogP contribution in [0.5, 0.6) is 0 Å². The molecule has 134 valence electrons. The van der Waals surface area contributed by atoms with Gasteiger partial charge in [-0.3, -0.25) is 9.96 Å². The SMILES string of the molecule is CCn1c(=N)sc2cc(SC)ccc21.Cc1ccc(S(=O)(=O)O)cc1. The average Bonchev–Trinajstić information content (AvgIpc) is 2.88. The number of rotatable bonds is 3. The molecule has 8 heteroatoms. The number of thioether (sulfide) groups is 1. The van der Waals surface area contributed by atoms with Gasteiger partial charge in [0.1, 0.15) is 0 Å². The molecule has 3 rings (SSSR count). The zero-order valence-electron chi connectivity index (χ0n) is 14.2. The van der Waals surface area contributed by atoms with E-state index in [-0.39, 0.29) is 4.90 Å². The molecule has 2 aromatic carbocycles. The zero-order valence-corrected chi connectivity index (χ0v) is 16.6. The summed E-state index contributed by atoms with van der Waals surface area (Å²) in [5.41, 5.74) is 2.14. The molecule has 0 aliphatic rings. The van der Waals surface area contributed by atoms with E-state index in [1.54, 1.807) is 35.2 Å².